The molecule has 0 radical (unpaired) electrons. The van der Waals surface area contributed by atoms with Crippen molar-refractivity contribution in [3.63, 3.8) is 0 Å². The maximum Gasteiger partial charge on any atom is 0.279 e. The molecule has 0 bridgehead atoms. The van der Waals surface area contributed by atoms with E-state index in [1.54, 1.807) is 6.07 Å². The number of nitrogens with one attached hydrogen (secondary N) is 3. The summed E-state index contributed by atoms with van der Waals surface area (Å²) in [6.07, 6.45) is 1.94. The second-order valence-corrected chi connectivity index (χ2v) is 6.61. The number of amides is 1. The van der Waals surface area contributed by atoms with Crippen molar-refractivity contribution < 1.29 is 14.7 Å². The Hall–Kier alpha value is -2.11. The minimum Gasteiger partial charge on any atom is -0.321 e. The van der Waals surface area contributed by atoms with Crippen LogP contribution >= 0.6 is 11.6 Å². The summed E-state index contributed by atoms with van der Waals surface area (Å²) in [5.74, 6) is 1.17. The van der Waals surface area contributed by atoms with E-state index in [4.69, 9.17) is 11.6 Å². The third-order valence-electron chi connectivity index (χ3n) is 4.39. The number of nitrogens with zero attached hydrogens (tertiary/aromatic N) is 1. The average molecular weight is 347 g/mol. The van der Waals surface area contributed by atoms with Crippen LogP contribution in [-0.4, -0.2) is 38.6 Å². The van der Waals surface area contributed by atoms with Crippen LogP contribution in [0.25, 0.3) is 0 Å². The summed E-state index contributed by atoms with van der Waals surface area (Å²) in [4.78, 5) is 19.2. The summed E-state index contributed by atoms with van der Waals surface area (Å²) in [7, 11) is 0. The monoisotopic (exact) mass is 346 g/mol. The Balaban J connectivity index is 1.51. The fraction of sp³-hybridized carbons (Fsp3) is 0.333. The Morgan fingerprint density at radius 2 is 2.08 bits per heavy atom. The fourth-order valence-corrected chi connectivity index (χ4v) is 3.14. The Kier molecular flexibility index (Phi) is 5.33. The number of rotatable bonds is 4. The van der Waals surface area contributed by atoms with Crippen LogP contribution in [0.2, 0.25) is 5.02 Å². The number of hydrogen-bond acceptors (Lipinski definition) is 2. The van der Waals surface area contributed by atoms with Crippen LogP contribution in [-0.2, 0) is 4.79 Å². The van der Waals surface area contributed by atoms with Crippen molar-refractivity contribution in [2.45, 2.75) is 6.92 Å². The molecule has 3 rings (SSSR count). The van der Waals surface area contributed by atoms with Gasteiger partial charge < -0.3 is 10.2 Å². The lowest BCUT2D eigenvalue weighted by Gasteiger charge is -2.27. The SMILES string of the molecule is Cc1ccc(Cl)cc1NC(=O)C[NH+]1CCN(c2cccc[nH+]2)CC1. The van der Waals surface area contributed by atoms with E-state index >= 15 is 0 Å². The highest BCUT2D eigenvalue weighted by Crippen LogP contribution is 2.19. The van der Waals surface area contributed by atoms with Gasteiger partial charge in [0.25, 0.3) is 11.7 Å². The average Bonchev–Trinajstić information content (AvgIpc) is 2.59. The van der Waals surface area contributed by atoms with Crippen LogP contribution in [0, 0.1) is 6.92 Å². The van der Waals surface area contributed by atoms with Crippen molar-refractivity contribution in [1.29, 1.82) is 0 Å². The van der Waals surface area contributed by atoms with Gasteiger partial charge in [0, 0.05) is 16.8 Å². The number of carbonyl (C=O) groups is 1. The van der Waals surface area contributed by atoms with Gasteiger partial charge in [-0.2, -0.15) is 0 Å². The van der Waals surface area contributed by atoms with Crippen molar-refractivity contribution in [2.75, 3.05) is 42.9 Å². The highest BCUT2D eigenvalue weighted by Gasteiger charge is 2.27. The van der Waals surface area contributed by atoms with E-state index in [1.165, 1.54) is 4.90 Å². The van der Waals surface area contributed by atoms with Gasteiger partial charge in [0.05, 0.1) is 6.20 Å². The number of H-pyrrole nitrogens is 1. The van der Waals surface area contributed by atoms with E-state index in [-0.39, 0.29) is 5.91 Å². The van der Waals surface area contributed by atoms with E-state index in [1.807, 2.05) is 37.4 Å². The highest BCUT2D eigenvalue weighted by atomic mass is 35.5. The summed E-state index contributed by atoms with van der Waals surface area (Å²) in [6, 6.07) is 11.6. The number of carbonyl (C=O) groups excluding carboxylic acids is 1. The number of benzene rings is 1. The molecule has 1 aromatic heterocycles. The van der Waals surface area contributed by atoms with Gasteiger partial charge in [-0.15, -0.1) is 0 Å². The van der Waals surface area contributed by atoms with Gasteiger partial charge in [-0.1, -0.05) is 23.7 Å². The fourth-order valence-electron chi connectivity index (χ4n) is 2.97. The molecule has 126 valence electrons. The van der Waals surface area contributed by atoms with Crippen LogP contribution in [0.3, 0.4) is 0 Å². The number of hydrogen-bond donors (Lipinski definition) is 2. The minimum atomic E-state index is 0.0371. The summed E-state index contributed by atoms with van der Waals surface area (Å²) in [5.41, 5.74) is 1.82. The Morgan fingerprint density at radius 1 is 1.29 bits per heavy atom. The molecule has 1 aliphatic rings. The van der Waals surface area contributed by atoms with Crippen LogP contribution in [0.5, 0.6) is 0 Å². The van der Waals surface area contributed by atoms with Crippen LogP contribution < -0.4 is 20.1 Å². The van der Waals surface area contributed by atoms with E-state index < -0.39 is 0 Å². The van der Waals surface area contributed by atoms with Gasteiger partial charge in [0.1, 0.15) is 26.2 Å². The molecule has 2 aromatic rings. The van der Waals surface area contributed by atoms with Crippen molar-refractivity contribution >= 4 is 29.0 Å². The quantitative estimate of drug-likeness (QED) is 0.860. The number of aromatic nitrogens is 1. The molecular weight excluding hydrogens is 324 g/mol. The zero-order valence-electron chi connectivity index (χ0n) is 13.8. The standard InChI is InChI=1S/C18H21ClN4O/c1-14-5-6-15(19)12-16(14)21-18(24)13-22-8-10-23(11-9-22)17-4-2-3-7-20-17/h2-7,12H,8-11,13H2,1H3,(H,21,24)/p+2. The lowest BCUT2D eigenvalue weighted by Crippen LogP contribution is -3.15. The number of quaternary nitrogens is 1. The molecule has 0 aliphatic carbocycles. The lowest BCUT2D eigenvalue weighted by atomic mass is 10.2. The van der Waals surface area contributed by atoms with Crippen LogP contribution in [0.4, 0.5) is 11.5 Å². The van der Waals surface area contributed by atoms with E-state index in [0.29, 0.717) is 11.6 Å². The van der Waals surface area contributed by atoms with Gasteiger partial charge >= 0.3 is 0 Å². The Labute approximate surface area is 147 Å². The van der Waals surface area contributed by atoms with Crippen molar-refractivity contribution in [3.8, 4) is 0 Å². The Bertz CT molecular complexity index is 699. The topological polar surface area (TPSA) is 50.9 Å². The number of anilines is 2. The van der Waals surface area contributed by atoms with Gasteiger partial charge in [-0.05, 0) is 30.7 Å². The molecule has 0 saturated carbocycles. The molecule has 0 unspecified atom stereocenters. The molecule has 2 heterocycles. The van der Waals surface area contributed by atoms with E-state index in [2.05, 4.69) is 21.3 Å². The van der Waals surface area contributed by atoms with Gasteiger partial charge in [-0.25, -0.2) is 4.98 Å². The minimum absolute atomic E-state index is 0.0371. The summed E-state index contributed by atoms with van der Waals surface area (Å²) < 4.78 is 0. The number of piperazine rings is 1. The molecule has 1 amide bonds. The van der Waals surface area contributed by atoms with Crippen molar-refractivity contribution in [1.82, 2.24) is 0 Å². The number of halogens is 1. The molecule has 1 saturated heterocycles. The van der Waals surface area contributed by atoms with Gasteiger partial charge in [0.15, 0.2) is 6.54 Å². The molecule has 5 nitrogen and oxygen atoms in total. The first kappa shape index (κ1) is 16.7. The largest absolute Gasteiger partial charge is 0.321 e. The number of pyridine rings is 1. The number of aryl methyl sites for hydroxylation is 1. The second kappa shape index (κ2) is 7.64. The molecule has 1 aliphatic heterocycles. The lowest BCUT2D eigenvalue weighted by molar-refractivity contribution is -0.892. The zero-order valence-corrected chi connectivity index (χ0v) is 14.6. The van der Waals surface area contributed by atoms with Gasteiger partial charge in [-0.3, -0.25) is 9.69 Å². The predicted octanol–water partition coefficient (Wildman–Crippen LogP) is 0.806. The maximum absolute atomic E-state index is 12.3. The van der Waals surface area contributed by atoms with E-state index in [9.17, 15) is 4.79 Å². The molecule has 1 aromatic carbocycles. The first-order chi connectivity index (χ1) is 11.6. The smallest absolute Gasteiger partial charge is 0.279 e. The Morgan fingerprint density at radius 3 is 2.79 bits per heavy atom. The summed E-state index contributed by atoms with van der Waals surface area (Å²) in [6.45, 7) is 6.24. The first-order valence-corrected chi connectivity index (χ1v) is 8.61. The molecule has 24 heavy (non-hydrogen) atoms. The van der Waals surface area contributed by atoms with Crippen LogP contribution in [0.15, 0.2) is 42.6 Å². The first-order valence-electron chi connectivity index (χ1n) is 8.23. The maximum atomic E-state index is 12.3. The normalized spacial score (nSPS) is 15.3. The molecule has 1 fully saturated rings. The predicted molar refractivity (Wildman–Crippen MR) is 95.6 cm³/mol. The summed E-state index contributed by atoms with van der Waals surface area (Å²) in [5, 5.41) is 3.61. The van der Waals surface area contributed by atoms with E-state index in [0.717, 1.165) is 43.2 Å². The molecule has 0 atom stereocenters. The molecule has 3 N–H and O–H groups in total. The molecule has 0 spiro atoms. The highest BCUT2D eigenvalue weighted by molar-refractivity contribution is 6.31. The third kappa shape index (κ3) is 4.24. The second-order valence-electron chi connectivity index (χ2n) is 6.17. The van der Waals surface area contributed by atoms with Crippen LogP contribution in [0.1, 0.15) is 5.56 Å². The number of aromatic amines is 1. The van der Waals surface area contributed by atoms with Crippen molar-refractivity contribution in [2.24, 2.45) is 0 Å². The third-order valence-corrected chi connectivity index (χ3v) is 4.62. The molecular formula is C18H23ClN4O+2. The molecule has 6 heteroatoms. The van der Waals surface area contributed by atoms with Crippen molar-refractivity contribution in [3.05, 3.63) is 53.2 Å². The summed E-state index contributed by atoms with van der Waals surface area (Å²) >= 11 is 6.00. The van der Waals surface area contributed by atoms with Gasteiger partial charge in [0.2, 0.25) is 0 Å². The zero-order chi connectivity index (χ0) is 16.9.